The maximum absolute atomic E-state index is 5.61. The van der Waals surface area contributed by atoms with Crippen LogP contribution in [0.1, 0.15) is 32.6 Å². The number of likely N-dealkylation sites (tertiary alicyclic amines) is 1. The van der Waals surface area contributed by atoms with E-state index in [1.807, 2.05) is 19.1 Å². The first-order chi connectivity index (χ1) is 9.40. The molecular weight excluding hydrogens is 236 g/mol. The van der Waals surface area contributed by atoms with Gasteiger partial charge in [0.25, 0.3) is 0 Å². The fourth-order valence-electron chi connectivity index (χ4n) is 2.60. The number of ether oxygens (including phenoxy) is 1. The number of piperidine rings is 1. The molecule has 0 amide bonds. The van der Waals surface area contributed by atoms with Gasteiger partial charge in [-0.25, -0.2) is 0 Å². The standard InChI is InChI=1S/C16H26N2O/c1-2-19-16-10-5-4-9-15(16)17-11-8-14-18-12-6-3-7-13-18/h4-5,9-10,17H,2-3,6-8,11-14H2,1H3. The van der Waals surface area contributed by atoms with Crippen molar-refractivity contribution < 1.29 is 4.74 Å². The zero-order chi connectivity index (χ0) is 13.3. The summed E-state index contributed by atoms with van der Waals surface area (Å²) in [5.41, 5.74) is 1.11. The Hall–Kier alpha value is -1.22. The summed E-state index contributed by atoms with van der Waals surface area (Å²) in [4.78, 5) is 2.58. The molecule has 1 aromatic carbocycles. The zero-order valence-electron chi connectivity index (χ0n) is 12.0. The number of anilines is 1. The van der Waals surface area contributed by atoms with Crippen LogP contribution in [0.2, 0.25) is 0 Å². The van der Waals surface area contributed by atoms with Crippen molar-refractivity contribution in [2.75, 3.05) is 38.1 Å². The van der Waals surface area contributed by atoms with Gasteiger partial charge in [-0.05, 0) is 58.0 Å². The number of rotatable bonds is 7. The fraction of sp³-hybridized carbons (Fsp3) is 0.625. The largest absolute Gasteiger partial charge is 0.492 e. The van der Waals surface area contributed by atoms with Crippen molar-refractivity contribution in [3.8, 4) is 5.75 Å². The van der Waals surface area contributed by atoms with Gasteiger partial charge >= 0.3 is 0 Å². The molecule has 3 heteroatoms. The quantitative estimate of drug-likeness (QED) is 0.762. The lowest BCUT2D eigenvalue weighted by atomic mass is 10.1. The number of hydrogen-bond donors (Lipinski definition) is 1. The van der Waals surface area contributed by atoms with Crippen LogP contribution < -0.4 is 10.1 Å². The summed E-state index contributed by atoms with van der Waals surface area (Å²) < 4.78 is 5.61. The molecule has 1 aromatic rings. The van der Waals surface area contributed by atoms with Gasteiger partial charge in [0.2, 0.25) is 0 Å². The molecule has 0 spiro atoms. The highest BCUT2D eigenvalue weighted by Gasteiger charge is 2.09. The number of benzene rings is 1. The minimum Gasteiger partial charge on any atom is -0.492 e. The van der Waals surface area contributed by atoms with Crippen molar-refractivity contribution in [2.45, 2.75) is 32.6 Å². The van der Waals surface area contributed by atoms with E-state index in [9.17, 15) is 0 Å². The lowest BCUT2D eigenvalue weighted by Crippen LogP contribution is -2.31. The van der Waals surface area contributed by atoms with E-state index in [-0.39, 0.29) is 0 Å². The SMILES string of the molecule is CCOc1ccccc1NCCCN1CCCCC1. The summed E-state index contributed by atoms with van der Waals surface area (Å²) in [6.07, 6.45) is 5.36. The molecule has 1 fully saturated rings. The Labute approximate surface area is 116 Å². The molecular formula is C16H26N2O. The molecule has 0 aromatic heterocycles. The molecule has 1 N–H and O–H groups in total. The van der Waals surface area contributed by atoms with Gasteiger partial charge in [-0.3, -0.25) is 0 Å². The van der Waals surface area contributed by atoms with Crippen molar-refractivity contribution >= 4 is 5.69 Å². The van der Waals surface area contributed by atoms with Crippen LogP contribution in [0, 0.1) is 0 Å². The van der Waals surface area contributed by atoms with Gasteiger partial charge in [0.15, 0.2) is 0 Å². The second-order valence-electron chi connectivity index (χ2n) is 5.11. The van der Waals surface area contributed by atoms with Crippen LogP contribution in [-0.2, 0) is 0 Å². The van der Waals surface area contributed by atoms with E-state index in [0.717, 1.165) is 18.0 Å². The molecule has 19 heavy (non-hydrogen) atoms. The van der Waals surface area contributed by atoms with E-state index in [1.165, 1.54) is 45.3 Å². The van der Waals surface area contributed by atoms with E-state index >= 15 is 0 Å². The monoisotopic (exact) mass is 262 g/mol. The molecule has 3 nitrogen and oxygen atoms in total. The summed E-state index contributed by atoms with van der Waals surface area (Å²) >= 11 is 0. The summed E-state index contributed by atoms with van der Waals surface area (Å²) in [5, 5.41) is 3.49. The van der Waals surface area contributed by atoms with Crippen molar-refractivity contribution in [3.05, 3.63) is 24.3 Å². The predicted molar refractivity (Wildman–Crippen MR) is 81.0 cm³/mol. The van der Waals surface area contributed by atoms with Crippen LogP contribution >= 0.6 is 0 Å². The molecule has 0 unspecified atom stereocenters. The second kappa shape index (κ2) is 8.05. The van der Waals surface area contributed by atoms with Gasteiger partial charge in [0.05, 0.1) is 12.3 Å². The van der Waals surface area contributed by atoms with Crippen LogP contribution in [-0.4, -0.2) is 37.7 Å². The highest BCUT2D eigenvalue weighted by Crippen LogP contribution is 2.23. The van der Waals surface area contributed by atoms with E-state index in [4.69, 9.17) is 4.74 Å². The molecule has 0 atom stereocenters. The third-order valence-corrected chi connectivity index (χ3v) is 3.60. The topological polar surface area (TPSA) is 24.5 Å². The molecule has 0 bridgehead atoms. The first-order valence-electron chi connectivity index (χ1n) is 7.58. The minimum atomic E-state index is 0.715. The molecule has 0 aliphatic carbocycles. The van der Waals surface area contributed by atoms with Crippen LogP contribution in [0.4, 0.5) is 5.69 Å². The Morgan fingerprint density at radius 2 is 1.95 bits per heavy atom. The molecule has 1 aliphatic heterocycles. The summed E-state index contributed by atoms with van der Waals surface area (Å²) in [7, 11) is 0. The predicted octanol–water partition coefficient (Wildman–Crippen LogP) is 3.37. The lowest BCUT2D eigenvalue weighted by molar-refractivity contribution is 0.228. The summed E-state index contributed by atoms with van der Waals surface area (Å²) in [6.45, 7) is 7.54. The number of hydrogen-bond acceptors (Lipinski definition) is 3. The van der Waals surface area contributed by atoms with E-state index in [1.54, 1.807) is 0 Å². The number of nitrogens with zero attached hydrogens (tertiary/aromatic N) is 1. The van der Waals surface area contributed by atoms with Crippen molar-refractivity contribution in [1.82, 2.24) is 4.90 Å². The first kappa shape index (κ1) is 14.2. The molecule has 0 radical (unpaired) electrons. The van der Waals surface area contributed by atoms with E-state index in [0.29, 0.717) is 6.61 Å². The van der Waals surface area contributed by atoms with Gasteiger partial charge in [-0.1, -0.05) is 18.6 Å². The average Bonchev–Trinajstić information content (AvgIpc) is 2.47. The minimum absolute atomic E-state index is 0.715. The highest BCUT2D eigenvalue weighted by molar-refractivity contribution is 5.56. The van der Waals surface area contributed by atoms with Crippen molar-refractivity contribution in [2.24, 2.45) is 0 Å². The van der Waals surface area contributed by atoms with Crippen LogP contribution in [0.3, 0.4) is 0 Å². The summed E-state index contributed by atoms with van der Waals surface area (Å²) in [6, 6.07) is 8.18. The third kappa shape index (κ3) is 4.75. The third-order valence-electron chi connectivity index (χ3n) is 3.60. The molecule has 2 rings (SSSR count). The highest BCUT2D eigenvalue weighted by atomic mass is 16.5. The fourth-order valence-corrected chi connectivity index (χ4v) is 2.60. The Morgan fingerprint density at radius 1 is 1.16 bits per heavy atom. The Balaban J connectivity index is 1.70. The van der Waals surface area contributed by atoms with Crippen molar-refractivity contribution in [3.63, 3.8) is 0 Å². The van der Waals surface area contributed by atoms with Gasteiger partial charge in [0.1, 0.15) is 5.75 Å². The zero-order valence-corrected chi connectivity index (χ0v) is 12.0. The Kier molecular flexibility index (Phi) is 6.02. The van der Waals surface area contributed by atoms with Gasteiger partial charge < -0.3 is 15.0 Å². The van der Waals surface area contributed by atoms with Gasteiger partial charge in [-0.2, -0.15) is 0 Å². The molecule has 1 saturated heterocycles. The molecule has 1 aliphatic rings. The second-order valence-corrected chi connectivity index (χ2v) is 5.11. The first-order valence-corrected chi connectivity index (χ1v) is 7.58. The normalized spacial score (nSPS) is 16.3. The van der Waals surface area contributed by atoms with Crippen molar-refractivity contribution in [1.29, 1.82) is 0 Å². The maximum atomic E-state index is 5.61. The summed E-state index contributed by atoms with van der Waals surface area (Å²) in [5.74, 6) is 0.961. The Morgan fingerprint density at radius 3 is 2.74 bits per heavy atom. The number of para-hydroxylation sites is 2. The van der Waals surface area contributed by atoms with Gasteiger partial charge in [-0.15, -0.1) is 0 Å². The maximum Gasteiger partial charge on any atom is 0.142 e. The van der Waals surface area contributed by atoms with Gasteiger partial charge in [0, 0.05) is 6.54 Å². The molecule has 1 heterocycles. The lowest BCUT2D eigenvalue weighted by Gasteiger charge is -2.26. The van der Waals surface area contributed by atoms with E-state index in [2.05, 4.69) is 22.3 Å². The smallest absolute Gasteiger partial charge is 0.142 e. The Bertz CT molecular complexity index is 362. The van der Waals surface area contributed by atoms with Crippen LogP contribution in [0.25, 0.3) is 0 Å². The van der Waals surface area contributed by atoms with Crippen LogP contribution in [0.15, 0.2) is 24.3 Å². The molecule has 106 valence electrons. The molecule has 0 saturated carbocycles. The van der Waals surface area contributed by atoms with E-state index < -0.39 is 0 Å². The number of nitrogens with one attached hydrogen (secondary N) is 1. The van der Waals surface area contributed by atoms with Crippen LogP contribution in [0.5, 0.6) is 5.75 Å². The average molecular weight is 262 g/mol.